The molecule has 5 heteroatoms. The molecule has 2 aromatic carbocycles. The van der Waals surface area contributed by atoms with E-state index in [1.165, 1.54) is 0 Å². The summed E-state index contributed by atoms with van der Waals surface area (Å²) >= 11 is 0. The number of carbonyl (C=O) groups excluding carboxylic acids is 1. The second-order valence-corrected chi connectivity index (χ2v) is 5.46. The van der Waals surface area contributed by atoms with Gasteiger partial charge in [0.1, 0.15) is 5.75 Å². The summed E-state index contributed by atoms with van der Waals surface area (Å²) in [6, 6.07) is 13.2. The summed E-state index contributed by atoms with van der Waals surface area (Å²) < 4.78 is 15.6. The van der Waals surface area contributed by atoms with Crippen LogP contribution in [0.5, 0.6) is 17.2 Å². The standard InChI is InChI=1S/C19H23NO4/c1-20(13-15-7-10-17(23-3)18(11-15)24-4)19(21)12-14-5-8-16(22-2)9-6-14/h5-11H,12-13H2,1-4H3. The Bertz CT molecular complexity index is 682. The van der Waals surface area contributed by atoms with Crippen LogP contribution in [0, 0.1) is 0 Å². The second-order valence-electron chi connectivity index (χ2n) is 5.46. The molecule has 0 aliphatic rings. The van der Waals surface area contributed by atoms with E-state index in [1.807, 2.05) is 42.5 Å². The molecule has 0 aliphatic heterocycles. The van der Waals surface area contributed by atoms with Gasteiger partial charge in [0.2, 0.25) is 5.91 Å². The van der Waals surface area contributed by atoms with E-state index in [-0.39, 0.29) is 5.91 Å². The highest BCUT2D eigenvalue weighted by Gasteiger charge is 2.12. The van der Waals surface area contributed by atoms with Crippen molar-refractivity contribution in [3.8, 4) is 17.2 Å². The minimum absolute atomic E-state index is 0.0509. The number of rotatable bonds is 7. The number of carbonyl (C=O) groups is 1. The fraction of sp³-hybridized carbons (Fsp3) is 0.316. The maximum atomic E-state index is 12.4. The van der Waals surface area contributed by atoms with Gasteiger partial charge >= 0.3 is 0 Å². The van der Waals surface area contributed by atoms with Crippen molar-refractivity contribution in [2.75, 3.05) is 28.4 Å². The van der Waals surface area contributed by atoms with Gasteiger partial charge in [0.15, 0.2) is 11.5 Å². The van der Waals surface area contributed by atoms with E-state index in [1.54, 1.807) is 33.3 Å². The first-order chi connectivity index (χ1) is 11.6. The number of likely N-dealkylation sites (N-methyl/N-ethyl adjacent to an activating group) is 1. The van der Waals surface area contributed by atoms with Crippen molar-refractivity contribution in [2.24, 2.45) is 0 Å². The van der Waals surface area contributed by atoms with Crippen molar-refractivity contribution < 1.29 is 19.0 Å². The normalized spacial score (nSPS) is 10.2. The summed E-state index contributed by atoms with van der Waals surface area (Å²) in [6.07, 6.45) is 0.355. The Labute approximate surface area is 142 Å². The lowest BCUT2D eigenvalue weighted by atomic mass is 10.1. The average Bonchev–Trinajstić information content (AvgIpc) is 2.62. The molecule has 0 fully saturated rings. The van der Waals surface area contributed by atoms with Gasteiger partial charge in [-0.25, -0.2) is 0 Å². The SMILES string of the molecule is COc1ccc(CC(=O)N(C)Cc2ccc(OC)c(OC)c2)cc1. The van der Waals surface area contributed by atoms with Crippen molar-refractivity contribution in [1.29, 1.82) is 0 Å². The Morgan fingerprint density at radius 3 is 2.08 bits per heavy atom. The van der Waals surface area contributed by atoms with E-state index >= 15 is 0 Å². The fourth-order valence-electron chi connectivity index (χ4n) is 2.39. The smallest absolute Gasteiger partial charge is 0.227 e. The lowest BCUT2D eigenvalue weighted by Gasteiger charge is -2.18. The van der Waals surface area contributed by atoms with Crippen molar-refractivity contribution in [2.45, 2.75) is 13.0 Å². The van der Waals surface area contributed by atoms with Crippen molar-refractivity contribution >= 4 is 5.91 Å². The molecule has 0 N–H and O–H groups in total. The predicted molar refractivity (Wildman–Crippen MR) is 92.7 cm³/mol. The number of benzene rings is 2. The molecule has 0 radical (unpaired) electrons. The Morgan fingerprint density at radius 1 is 0.875 bits per heavy atom. The van der Waals surface area contributed by atoms with Crippen LogP contribution in [0.4, 0.5) is 0 Å². The molecule has 128 valence electrons. The lowest BCUT2D eigenvalue weighted by Crippen LogP contribution is -2.27. The van der Waals surface area contributed by atoms with Crippen LogP contribution in [-0.4, -0.2) is 39.2 Å². The fourth-order valence-corrected chi connectivity index (χ4v) is 2.39. The first-order valence-electron chi connectivity index (χ1n) is 7.65. The van der Waals surface area contributed by atoms with Crippen LogP contribution < -0.4 is 14.2 Å². The van der Waals surface area contributed by atoms with E-state index in [4.69, 9.17) is 14.2 Å². The summed E-state index contributed by atoms with van der Waals surface area (Å²) in [5.41, 5.74) is 1.94. The van der Waals surface area contributed by atoms with Crippen molar-refractivity contribution in [3.05, 3.63) is 53.6 Å². The molecular weight excluding hydrogens is 306 g/mol. The minimum atomic E-state index is 0.0509. The Hall–Kier alpha value is -2.69. The van der Waals surface area contributed by atoms with Gasteiger partial charge in [0, 0.05) is 13.6 Å². The van der Waals surface area contributed by atoms with Gasteiger partial charge in [-0.15, -0.1) is 0 Å². The Morgan fingerprint density at radius 2 is 1.50 bits per heavy atom. The van der Waals surface area contributed by atoms with Gasteiger partial charge in [0.05, 0.1) is 27.8 Å². The average molecular weight is 329 g/mol. The number of amides is 1. The molecule has 0 aliphatic carbocycles. The zero-order valence-corrected chi connectivity index (χ0v) is 14.5. The van der Waals surface area contributed by atoms with E-state index in [0.717, 1.165) is 16.9 Å². The van der Waals surface area contributed by atoms with Gasteiger partial charge in [-0.2, -0.15) is 0 Å². The molecule has 2 aromatic rings. The molecule has 5 nitrogen and oxygen atoms in total. The molecule has 0 aromatic heterocycles. The molecule has 0 heterocycles. The zero-order valence-electron chi connectivity index (χ0n) is 14.5. The molecule has 0 saturated carbocycles. The summed E-state index contributed by atoms with van der Waals surface area (Å²) in [7, 11) is 6.61. The van der Waals surface area contributed by atoms with Crippen LogP contribution in [0.3, 0.4) is 0 Å². The second kappa shape index (κ2) is 8.24. The Balaban J connectivity index is 2.00. The number of hydrogen-bond donors (Lipinski definition) is 0. The monoisotopic (exact) mass is 329 g/mol. The number of hydrogen-bond acceptors (Lipinski definition) is 4. The largest absolute Gasteiger partial charge is 0.497 e. The van der Waals surface area contributed by atoms with E-state index in [0.29, 0.717) is 24.5 Å². The molecule has 1 amide bonds. The van der Waals surface area contributed by atoms with Crippen molar-refractivity contribution in [1.82, 2.24) is 4.90 Å². The molecule has 0 spiro atoms. The quantitative estimate of drug-likeness (QED) is 0.784. The summed E-state index contributed by atoms with van der Waals surface area (Å²) in [5, 5.41) is 0. The molecule has 0 saturated heterocycles. The van der Waals surface area contributed by atoms with Crippen molar-refractivity contribution in [3.63, 3.8) is 0 Å². The van der Waals surface area contributed by atoms with Gasteiger partial charge < -0.3 is 19.1 Å². The Kier molecular flexibility index (Phi) is 6.07. The highest BCUT2D eigenvalue weighted by atomic mass is 16.5. The molecular formula is C19H23NO4. The van der Waals surface area contributed by atoms with Crippen LogP contribution in [0.1, 0.15) is 11.1 Å². The third-order valence-corrected chi connectivity index (χ3v) is 3.81. The first-order valence-corrected chi connectivity index (χ1v) is 7.65. The maximum absolute atomic E-state index is 12.4. The minimum Gasteiger partial charge on any atom is -0.497 e. The van der Waals surface area contributed by atoms with E-state index < -0.39 is 0 Å². The number of ether oxygens (including phenoxy) is 3. The summed E-state index contributed by atoms with van der Waals surface area (Å²) in [5.74, 6) is 2.17. The zero-order chi connectivity index (χ0) is 17.5. The third-order valence-electron chi connectivity index (χ3n) is 3.81. The topological polar surface area (TPSA) is 48.0 Å². The highest BCUT2D eigenvalue weighted by molar-refractivity contribution is 5.78. The van der Waals surface area contributed by atoms with Crippen LogP contribution in [-0.2, 0) is 17.8 Å². The van der Waals surface area contributed by atoms with Crippen LogP contribution in [0.2, 0.25) is 0 Å². The molecule has 0 unspecified atom stereocenters. The molecule has 0 atom stereocenters. The van der Waals surface area contributed by atoms with Crippen LogP contribution >= 0.6 is 0 Å². The summed E-state index contributed by atoms with van der Waals surface area (Å²) in [4.78, 5) is 14.1. The third kappa shape index (κ3) is 4.41. The van der Waals surface area contributed by atoms with E-state index in [2.05, 4.69) is 0 Å². The lowest BCUT2D eigenvalue weighted by molar-refractivity contribution is -0.129. The van der Waals surface area contributed by atoms with Crippen LogP contribution in [0.15, 0.2) is 42.5 Å². The predicted octanol–water partition coefficient (Wildman–Crippen LogP) is 2.91. The molecule has 24 heavy (non-hydrogen) atoms. The number of nitrogens with zero attached hydrogens (tertiary/aromatic N) is 1. The maximum Gasteiger partial charge on any atom is 0.227 e. The summed E-state index contributed by atoms with van der Waals surface area (Å²) in [6.45, 7) is 0.509. The van der Waals surface area contributed by atoms with Gasteiger partial charge in [-0.1, -0.05) is 18.2 Å². The van der Waals surface area contributed by atoms with Gasteiger partial charge in [-0.3, -0.25) is 4.79 Å². The molecule has 2 rings (SSSR count). The number of methoxy groups -OCH3 is 3. The van der Waals surface area contributed by atoms with Gasteiger partial charge in [-0.05, 0) is 35.4 Å². The van der Waals surface area contributed by atoms with E-state index in [9.17, 15) is 4.79 Å². The van der Waals surface area contributed by atoms with Gasteiger partial charge in [0.25, 0.3) is 0 Å². The highest BCUT2D eigenvalue weighted by Crippen LogP contribution is 2.28. The molecule has 0 bridgehead atoms. The van der Waals surface area contributed by atoms with Crippen LogP contribution in [0.25, 0.3) is 0 Å². The first kappa shape index (κ1) is 17.7.